The van der Waals surface area contributed by atoms with Crippen molar-refractivity contribution in [3.05, 3.63) is 111 Å². The summed E-state index contributed by atoms with van der Waals surface area (Å²) in [6.07, 6.45) is 1.93. The van der Waals surface area contributed by atoms with Crippen LogP contribution in [0.4, 0.5) is 17.5 Å². The van der Waals surface area contributed by atoms with Crippen LogP contribution in [0.1, 0.15) is 40.0 Å². The molecule has 13 heteroatoms. The van der Waals surface area contributed by atoms with Gasteiger partial charge in [0.2, 0.25) is 5.95 Å². The van der Waals surface area contributed by atoms with Gasteiger partial charge < -0.3 is 16.2 Å². The summed E-state index contributed by atoms with van der Waals surface area (Å²) < 4.78 is 27.7. The number of carbonyl (C=O) groups is 1. The Bertz CT molecular complexity index is 1630. The number of hydrogen-bond donors (Lipinski definition) is 4. The van der Waals surface area contributed by atoms with Gasteiger partial charge in [-0.3, -0.25) is 19.6 Å². The predicted octanol–water partition coefficient (Wildman–Crippen LogP) is 3.75. The van der Waals surface area contributed by atoms with Gasteiger partial charge in [-0.1, -0.05) is 30.3 Å². The maximum atomic E-state index is 12.7. The molecule has 1 atom stereocenters. The van der Waals surface area contributed by atoms with Gasteiger partial charge in [-0.25, -0.2) is 13.4 Å². The van der Waals surface area contributed by atoms with Crippen LogP contribution >= 0.6 is 0 Å². The van der Waals surface area contributed by atoms with Crippen LogP contribution < -0.4 is 15.8 Å². The molecule has 0 bridgehead atoms. The van der Waals surface area contributed by atoms with E-state index in [-0.39, 0.29) is 39.7 Å². The van der Waals surface area contributed by atoms with Crippen molar-refractivity contribution in [3.63, 3.8) is 0 Å². The minimum absolute atomic E-state index is 0.0256. The van der Waals surface area contributed by atoms with E-state index in [1.807, 2.05) is 31.2 Å². The van der Waals surface area contributed by atoms with Crippen LogP contribution in [-0.4, -0.2) is 34.3 Å². The minimum Gasteiger partial charge on any atom is -0.507 e. The second-order valence-electron chi connectivity index (χ2n) is 8.62. The number of hydrogen-bond acceptors (Lipinski definition) is 9. The fourth-order valence-electron chi connectivity index (χ4n) is 3.76. The molecule has 0 saturated carbocycles. The molecule has 0 spiro atoms. The molecule has 0 saturated heterocycles. The molecule has 4 aromatic rings. The average Bonchev–Trinajstić information content (AvgIpc) is 2.90. The topological polar surface area (TPSA) is 190 Å². The van der Waals surface area contributed by atoms with E-state index in [0.717, 1.165) is 41.0 Å². The third-order valence-electron chi connectivity index (χ3n) is 5.81. The Hall–Kier alpha value is -5.04. The van der Waals surface area contributed by atoms with Crippen molar-refractivity contribution in [2.45, 2.75) is 24.3 Å². The van der Waals surface area contributed by atoms with Gasteiger partial charge in [-0.15, -0.1) is 0 Å². The number of sulfonamides is 1. The minimum atomic E-state index is -4.02. The molecule has 4 rings (SSSR count). The standard InChI is InChI=1S/C26H24N6O6S/c1-16(19-5-2-17(3-6-19)14-18-4-11-23(33)22(15-18)25(27)34)29-26-28-13-12-24(30-26)31-39(37,38)21-9-7-20(8-10-21)32(35)36/h2-13,15-16,33H,14H2,1H3,(H2,27,34)(H2,28,29,30,31)/t16-/m0/s1. The summed E-state index contributed by atoms with van der Waals surface area (Å²) in [5, 5.41) is 23.7. The van der Waals surface area contributed by atoms with Crippen LogP contribution in [0.2, 0.25) is 0 Å². The lowest BCUT2D eigenvalue weighted by atomic mass is 9.99. The Morgan fingerprint density at radius 1 is 1.05 bits per heavy atom. The van der Waals surface area contributed by atoms with E-state index < -0.39 is 20.9 Å². The highest BCUT2D eigenvalue weighted by molar-refractivity contribution is 7.92. The zero-order chi connectivity index (χ0) is 28.2. The van der Waals surface area contributed by atoms with E-state index in [0.29, 0.717) is 6.42 Å². The third kappa shape index (κ3) is 6.64. The number of phenols is 1. The normalized spacial score (nSPS) is 11.9. The summed E-state index contributed by atoms with van der Waals surface area (Å²) in [4.78, 5) is 29.9. The van der Waals surface area contributed by atoms with Gasteiger partial charge in [0.25, 0.3) is 21.6 Å². The van der Waals surface area contributed by atoms with Crippen LogP contribution in [0.3, 0.4) is 0 Å². The highest BCUT2D eigenvalue weighted by Crippen LogP contribution is 2.23. The number of aromatic nitrogens is 2. The molecular formula is C26H24N6O6S. The Morgan fingerprint density at radius 3 is 2.36 bits per heavy atom. The van der Waals surface area contributed by atoms with Crippen LogP contribution in [0, 0.1) is 10.1 Å². The molecular weight excluding hydrogens is 524 g/mol. The van der Waals surface area contributed by atoms with Gasteiger partial charge in [0.1, 0.15) is 11.6 Å². The van der Waals surface area contributed by atoms with Gasteiger partial charge in [0, 0.05) is 18.3 Å². The number of anilines is 2. The number of aromatic hydroxyl groups is 1. The van der Waals surface area contributed by atoms with Crippen LogP contribution in [-0.2, 0) is 16.4 Å². The smallest absolute Gasteiger partial charge is 0.269 e. The van der Waals surface area contributed by atoms with Crippen molar-refractivity contribution >= 4 is 33.4 Å². The lowest BCUT2D eigenvalue weighted by Gasteiger charge is -2.15. The molecule has 39 heavy (non-hydrogen) atoms. The quantitative estimate of drug-likeness (QED) is 0.169. The number of benzene rings is 3. The Balaban J connectivity index is 1.41. The summed E-state index contributed by atoms with van der Waals surface area (Å²) >= 11 is 0. The van der Waals surface area contributed by atoms with Crippen molar-refractivity contribution in [1.82, 2.24) is 9.97 Å². The molecule has 0 aliphatic carbocycles. The number of nitrogens with zero attached hydrogens (tertiary/aromatic N) is 3. The summed E-state index contributed by atoms with van der Waals surface area (Å²) in [5.74, 6) is -0.641. The number of nitrogens with one attached hydrogen (secondary N) is 2. The number of amides is 1. The van der Waals surface area contributed by atoms with E-state index in [1.165, 1.54) is 18.3 Å². The first-order chi connectivity index (χ1) is 18.5. The summed E-state index contributed by atoms with van der Waals surface area (Å²) in [5.41, 5.74) is 7.87. The average molecular weight is 549 g/mol. The van der Waals surface area contributed by atoms with E-state index in [4.69, 9.17) is 5.73 Å². The molecule has 1 amide bonds. The van der Waals surface area contributed by atoms with Gasteiger partial charge in [0.05, 0.1) is 21.4 Å². The first-order valence-electron chi connectivity index (χ1n) is 11.6. The van der Waals surface area contributed by atoms with Crippen LogP contribution in [0.15, 0.2) is 83.9 Å². The van der Waals surface area contributed by atoms with E-state index in [1.54, 1.807) is 12.1 Å². The second-order valence-corrected chi connectivity index (χ2v) is 10.3. The van der Waals surface area contributed by atoms with E-state index in [2.05, 4.69) is 20.0 Å². The molecule has 0 fully saturated rings. The first kappa shape index (κ1) is 27.0. The van der Waals surface area contributed by atoms with E-state index in [9.17, 15) is 28.4 Å². The van der Waals surface area contributed by atoms with Crippen molar-refractivity contribution in [3.8, 4) is 5.75 Å². The van der Waals surface area contributed by atoms with Crippen molar-refractivity contribution in [2.24, 2.45) is 5.73 Å². The van der Waals surface area contributed by atoms with Gasteiger partial charge in [-0.05, 0) is 60.4 Å². The Labute approximate surface area is 223 Å². The number of nitrogens with two attached hydrogens (primary N) is 1. The number of non-ortho nitro benzene ring substituents is 1. The van der Waals surface area contributed by atoms with Crippen molar-refractivity contribution in [1.29, 1.82) is 0 Å². The largest absolute Gasteiger partial charge is 0.507 e. The maximum Gasteiger partial charge on any atom is 0.269 e. The number of nitro benzene ring substituents is 1. The van der Waals surface area contributed by atoms with E-state index >= 15 is 0 Å². The fourth-order valence-corrected chi connectivity index (χ4v) is 4.76. The zero-order valence-electron chi connectivity index (χ0n) is 20.6. The summed E-state index contributed by atoms with van der Waals surface area (Å²) in [6.45, 7) is 1.89. The SMILES string of the molecule is C[C@H](Nc1nccc(NS(=O)(=O)c2ccc([N+](=O)[O-])cc2)n1)c1ccc(Cc2ccc(O)c(C(N)=O)c2)cc1. The van der Waals surface area contributed by atoms with Gasteiger partial charge in [-0.2, -0.15) is 4.98 Å². The molecule has 0 aliphatic heterocycles. The first-order valence-corrected chi connectivity index (χ1v) is 13.1. The van der Waals surface area contributed by atoms with Gasteiger partial charge >= 0.3 is 0 Å². The van der Waals surface area contributed by atoms with Crippen molar-refractivity contribution in [2.75, 3.05) is 10.0 Å². The molecule has 0 unspecified atom stereocenters. The number of nitro groups is 1. The number of carbonyl (C=O) groups excluding carboxylic acids is 1. The lowest BCUT2D eigenvalue weighted by Crippen LogP contribution is -2.15. The Morgan fingerprint density at radius 2 is 1.72 bits per heavy atom. The molecule has 0 radical (unpaired) electrons. The number of rotatable bonds is 10. The highest BCUT2D eigenvalue weighted by atomic mass is 32.2. The second kappa shape index (κ2) is 11.1. The molecule has 1 aromatic heterocycles. The Kier molecular flexibility index (Phi) is 7.72. The zero-order valence-corrected chi connectivity index (χ0v) is 21.4. The monoisotopic (exact) mass is 548 g/mol. The molecule has 5 N–H and O–H groups in total. The molecule has 0 aliphatic rings. The number of primary amides is 1. The predicted molar refractivity (Wildman–Crippen MR) is 144 cm³/mol. The van der Waals surface area contributed by atoms with Gasteiger partial charge in [0.15, 0.2) is 0 Å². The van der Waals surface area contributed by atoms with Crippen LogP contribution in [0.25, 0.3) is 0 Å². The van der Waals surface area contributed by atoms with Crippen LogP contribution in [0.5, 0.6) is 5.75 Å². The molecule has 12 nitrogen and oxygen atoms in total. The fraction of sp³-hybridized carbons (Fsp3) is 0.115. The van der Waals surface area contributed by atoms with Crippen molar-refractivity contribution < 1.29 is 23.2 Å². The maximum absolute atomic E-state index is 12.7. The molecule has 3 aromatic carbocycles. The molecule has 1 heterocycles. The summed E-state index contributed by atoms with van der Waals surface area (Å²) in [6, 6.07) is 18.1. The third-order valence-corrected chi connectivity index (χ3v) is 7.18. The highest BCUT2D eigenvalue weighted by Gasteiger charge is 2.17. The lowest BCUT2D eigenvalue weighted by molar-refractivity contribution is -0.384. The summed E-state index contributed by atoms with van der Waals surface area (Å²) in [7, 11) is -4.02. The molecule has 200 valence electrons.